The van der Waals surface area contributed by atoms with Crippen LogP contribution < -0.4 is 20.1 Å². The molecule has 0 aromatic heterocycles. The lowest BCUT2D eigenvalue weighted by Gasteiger charge is -2.15. The molecule has 0 radical (unpaired) electrons. The van der Waals surface area contributed by atoms with E-state index in [1.807, 2.05) is 19.9 Å². The van der Waals surface area contributed by atoms with Crippen LogP contribution in [-0.2, 0) is 13.1 Å². The van der Waals surface area contributed by atoms with Gasteiger partial charge in [-0.05, 0) is 43.7 Å². The first kappa shape index (κ1) is 22.9. The number of methoxy groups -OCH3 is 1. The zero-order chi connectivity index (χ0) is 18.9. The molecule has 148 valence electrons. The lowest BCUT2D eigenvalue weighted by molar-refractivity contribution is 0.336. The van der Waals surface area contributed by atoms with Crippen molar-refractivity contribution in [3.8, 4) is 17.2 Å². The fourth-order valence-corrected chi connectivity index (χ4v) is 2.51. The van der Waals surface area contributed by atoms with Gasteiger partial charge in [-0.15, -0.1) is 24.0 Å². The summed E-state index contributed by atoms with van der Waals surface area (Å²) < 4.78 is 10.9. The minimum Gasteiger partial charge on any atom is -0.508 e. The molecule has 2 aromatic rings. The van der Waals surface area contributed by atoms with Crippen molar-refractivity contribution in [1.29, 1.82) is 0 Å². The Morgan fingerprint density at radius 1 is 1.07 bits per heavy atom. The number of hydrogen-bond donors (Lipinski definition) is 3. The van der Waals surface area contributed by atoms with Gasteiger partial charge in [0.1, 0.15) is 17.2 Å². The maximum atomic E-state index is 9.97. The number of nitrogens with zero attached hydrogens (tertiary/aromatic N) is 1. The summed E-state index contributed by atoms with van der Waals surface area (Å²) in [5.41, 5.74) is 2.95. The van der Waals surface area contributed by atoms with Crippen LogP contribution in [0.4, 0.5) is 0 Å². The minimum absolute atomic E-state index is 0. The van der Waals surface area contributed by atoms with E-state index in [-0.39, 0.29) is 29.7 Å². The van der Waals surface area contributed by atoms with Gasteiger partial charge >= 0.3 is 0 Å². The van der Waals surface area contributed by atoms with E-state index in [0.717, 1.165) is 22.4 Å². The van der Waals surface area contributed by atoms with Gasteiger partial charge in [-0.2, -0.15) is 0 Å². The summed E-state index contributed by atoms with van der Waals surface area (Å²) in [6.45, 7) is 5.65. The number of aryl methyl sites for hydroxylation is 1. The largest absolute Gasteiger partial charge is 0.508 e. The predicted molar refractivity (Wildman–Crippen MR) is 119 cm³/mol. The van der Waals surface area contributed by atoms with Crippen molar-refractivity contribution in [2.24, 2.45) is 4.99 Å². The third-order valence-corrected chi connectivity index (χ3v) is 3.93. The number of guanidine groups is 1. The lowest BCUT2D eigenvalue weighted by Crippen LogP contribution is -2.36. The van der Waals surface area contributed by atoms with E-state index in [9.17, 15) is 5.11 Å². The molecular formula is C20H28IN3O3. The van der Waals surface area contributed by atoms with E-state index in [1.165, 1.54) is 0 Å². The number of aliphatic imine (C=N–C) groups is 1. The minimum atomic E-state index is 0. The van der Waals surface area contributed by atoms with Crippen LogP contribution in [0.25, 0.3) is 0 Å². The van der Waals surface area contributed by atoms with Crippen LogP contribution in [0.3, 0.4) is 0 Å². The molecule has 0 saturated carbocycles. The van der Waals surface area contributed by atoms with Gasteiger partial charge in [0.15, 0.2) is 5.96 Å². The summed E-state index contributed by atoms with van der Waals surface area (Å²) in [5.74, 6) is 2.42. The number of ether oxygens (including phenoxy) is 2. The van der Waals surface area contributed by atoms with Crippen molar-refractivity contribution in [1.82, 2.24) is 10.6 Å². The SMILES string of the molecule is CCOc1cc(C)ccc1CNC(=NC)NCc1cc(OC)ccc1O.I. The fraction of sp³-hybridized carbons (Fsp3) is 0.350. The second-order valence-corrected chi connectivity index (χ2v) is 5.82. The summed E-state index contributed by atoms with van der Waals surface area (Å²) in [6, 6.07) is 11.3. The molecule has 0 unspecified atom stereocenters. The van der Waals surface area contributed by atoms with Crippen LogP contribution in [0, 0.1) is 6.92 Å². The van der Waals surface area contributed by atoms with Crippen molar-refractivity contribution in [3.05, 3.63) is 53.1 Å². The first-order valence-corrected chi connectivity index (χ1v) is 8.60. The molecule has 0 spiro atoms. The van der Waals surface area contributed by atoms with E-state index in [2.05, 4.69) is 27.8 Å². The van der Waals surface area contributed by atoms with E-state index in [4.69, 9.17) is 9.47 Å². The Labute approximate surface area is 178 Å². The zero-order valence-electron chi connectivity index (χ0n) is 16.2. The van der Waals surface area contributed by atoms with Gasteiger partial charge < -0.3 is 25.2 Å². The monoisotopic (exact) mass is 485 g/mol. The summed E-state index contributed by atoms with van der Waals surface area (Å²) in [4.78, 5) is 4.22. The summed E-state index contributed by atoms with van der Waals surface area (Å²) in [7, 11) is 3.31. The van der Waals surface area contributed by atoms with Gasteiger partial charge in [-0.25, -0.2) is 0 Å². The standard InChI is InChI=1S/C20H27N3O3.HI/c1-5-26-19-10-14(2)6-7-15(19)12-22-20(21-3)23-13-16-11-17(25-4)8-9-18(16)24;/h6-11,24H,5,12-13H2,1-4H3,(H2,21,22,23);1H. The van der Waals surface area contributed by atoms with Crippen molar-refractivity contribution >= 4 is 29.9 Å². The lowest BCUT2D eigenvalue weighted by atomic mass is 10.1. The van der Waals surface area contributed by atoms with Crippen molar-refractivity contribution < 1.29 is 14.6 Å². The van der Waals surface area contributed by atoms with E-state index < -0.39 is 0 Å². The summed E-state index contributed by atoms with van der Waals surface area (Å²) in [6.07, 6.45) is 0. The molecule has 0 atom stereocenters. The highest BCUT2D eigenvalue weighted by atomic mass is 127. The first-order chi connectivity index (χ1) is 12.6. The van der Waals surface area contributed by atoms with E-state index >= 15 is 0 Å². The molecule has 0 amide bonds. The maximum absolute atomic E-state index is 9.97. The predicted octanol–water partition coefficient (Wildman–Crippen LogP) is 3.59. The Hall–Kier alpha value is -2.16. The average molecular weight is 485 g/mol. The molecule has 2 aromatic carbocycles. The van der Waals surface area contributed by atoms with Gasteiger partial charge in [0.05, 0.1) is 13.7 Å². The highest BCUT2D eigenvalue weighted by Gasteiger charge is 2.07. The number of benzene rings is 2. The quantitative estimate of drug-likeness (QED) is 0.318. The zero-order valence-corrected chi connectivity index (χ0v) is 18.5. The molecule has 0 aliphatic carbocycles. The number of halogens is 1. The molecular weight excluding hydrogens is 457 g/mol. The van der Waals surface area contributed by atoms with E-state index in [0.29, 0.717) is 31.4 Å². The molecule has 6 nitrogen and oxygen atoms in total. The van der Waals surface area contributed by atoms with Gasteiger partial charge in [0, 0.05) is 31.3 Å². The van der Waals surface area contributed by atoms with Crippen molar-refractivity contribution in [3.63, 3.8) is 0 Å². The Morgan fingerprint density at radius 3 is 2.41 bits per heavy atom. The Kier molecular flexibility index (Phi) is 9.77. The van der Waals surface area contributed by atoms with Gasteiger partial charge in [0.25, 0.3) is 0 Å². The number of rotatable bonds is 7. The van der Waals surface area contributed by atoms with Crippen LogP contribution >= 0.6 is 24.0 Å². The number of hydrogen-bond acceptors (Lipinski definition) is 4. The Bertz CT molecular complexity index is 766. The fourth-order valence-electron chi connectivity index (χ4n) is 2.51. The third-order valence-electron chi connectivity index (χ3n) is 3.93. The number of aromatic hydroxyl groups is 1. The van der Waals surface area contributed by atoms with Crippen LogP contribution in [-0.4, -0.2) is 31.8 Å². The molecule has 7 heteroatoms. The smallest absolute Gasteiger partial charge is 0.191 e. The van der Waals surface area contributed by atoms with Crippen LogP contribution in [0.2, 0.25) is 0 Å². The molecule has 0 aliphatic heterocycles. The second-order valence-electron chi connectivity index (χ2n) is 5.82. The van der Waals surface area contributed by atoms with Gasteiger partial charge in [-0.1, -0.05) is 12.1 Å². The summed E-state index contributed by atoms with van der Waals surface area (Å²) in [5, 5.41) is 16.4. The average Bonchev–Trinajstić information content (AvgIpc) is 2.64. The van der Waals surface area contributed by atoms with Gasteiger partial charge in [-0.3, -0.25) is 4.99 Å². The molecule has 0 aliphatic rings. The first-order valence-electron chi connectivity index (χ1n) is 8.60. The number of nitrogens with one attached hydrogen (secondary N) is 2. The number of phenolic OH excluding ortho intramolecular Hbond substituents is 1. The summed E-state index contributed by atoms with van der Waals surface area (Å²) >= 11 is 0. The van der Waals surface area contributed by atoms with Crippen molar-refractivity contribution in [2.45, 2.75) is 26.9 Å². The molecule has 0 saturated heterocycles. The molecule has 27 heavy (non-hydrogen) atoms. The molecule has 0 fully saturated rings. The topological polar surface area (TPSA) is 75.1 Å². The van der Waals surface area contributed by atoms with Crippen molar-refractivity contribution in [2.75, 3.05) is 20.8 Å². The molecule has 3 N–H and O–H groups in total. The maximum Gasteiger partial charge on any atom is 0.191 e. The van der Waals surface area contributed by atoms with Crippen LogP contribution in [0.1, 0.15) is 23.6 Å². The molecule has 0 bridgehead atoms. The Balaban J connectivity index is 0.00000364. The normalized spacial score (nSPS) is 10.7. The molecule has 2 rings (SSSR count). The van der Waals surface area contributed by atoms with E-state index in [1.54, 1.807) is 32.4 Å². The van der Waals surface area contributed by atoms with Crippen LogP contribution in [0.5, 0.6) is 17.2 Å². The number of phenols is 1. The molecule has 0 heterocycles. The third kappa shape index (κ3) is 6.82. The second kappa shape index (κ2) is 11.5. The highest BCUT2D eigenvalue weighted by Crippen LogP contribution is 2.23. The van der Waals surface area contributed by atoms with Crippen LogP contribution in [0.15, 0.2) is 41.4 Å². The highest BCUT2D eigenvalue weighted by molar-refractivity contribution is 14.0. The van der Waals surface area contributed by atoms with Gasteiger partial charge in [0.2, 0.25) is 0 Å². The Morgan fingerprint density at radius 2 is 1.78 bits per heavy atom.